The van der Waals surface area contributed by atoms with Crippen LogP contribution >= 0.6 is 0 Å². The summed E-state index contributed by atoms with van der Waals surface area (Å²) in [6.07, 6.45) is 3.79. The van der Waals surface area contributed by atoms with Crippen LogP contribution in [0.2, 0.25) is 0 Å². The highest BCUT2D eigenvalue weighted by Gasteiger charge is 2.31. The maximum atomic E-state index is 11.4. The lowest BCUT2D eigenvalue weighted by Gasteiger charge is -2.19. The first-order chi connectivity index (χ1) is 9.08. The second-order valence-electron chi connectivity index (χ2n) is 4.66. The Bertz CT molecular complexity index is 423. The number of allylic oxidation sites excluding steroid dienone is 1. The maximum Gasteiger partial charge on any atom is 0.505 e. The van der Waals surface area contributed by atoms with E-state index in [4.69, 9.17) is 5.39 Å². The van der Waals surface area contributed by atoms with E-state index < -0.39 is 11.7 Å². The van der Waals surface area contributed by atoms with Gasteiger partial charge in [-0.2, -0.15) is 0 Å². The molecule has 1 unspecified atom stereocenters. The second kappa shape index (κ2) is 7.52. The van der Waals surface area contributed by atoms with Crippen LogP contribution in [-0.4, -0.2) is 23.5 Å². The summed E-state index contributed by atoms with van der Waals surface area (Å²) in [5.74, 6) is -0.663. The average Bonchev–Trinajstić information content (AvgIpc) is 2.37. The predicted octanol–water partition coefficient (Wildman–Crippen LogP) is 2.71. The van der Waals surface area contributed by atoms with Crippen LogP contribution in [0, 0.1) is 11.3 Å². The highest BCUT2D eigenvalue weighted by atomic mass is 16.5. The molecule has 1 rings (SSSR count). The van der Waals surface area contributed by atoms with Crippen molar-refractivity contribution in [1.29, 1.82) is 5.39 Å². The number of esters is 1. The van der Waals surface area contributed by atoms with E-state index in [0.29, 0.717) is 19.3 Å². The van der Waals surface area contributed by atoms with Crippen LogP contribution in [0.3, 0.4) is 0 Å². The number of nitrogens with zero attached hydrogens (tertiary/aromatic N) is 2. The molecule has 0 bridgehead atoms. The Morgan fingerprint density at radius 1 is 1.58 bits per heavy atom. The van der Waals surface area contributed by atoms with Gasteiger partial charge in [0.05, 0.1) is 6.61 Å². The van der Waals surface area contributed by atoms with Crippen molar-refractivity contribution in [3.8, 4) is 0 Å². The smallest absolute Gasteiger partial charge is 0.505 e. The SMILES string of the molecule is CCOC(=O)/C([N+]#N)=C(\O)CCC1CCCC(=O)C1. The number of Topliss-reactive ketones (excluding diaryl/α,β-unsaturated/α-hetero) is 1. The fourth-order valence-electron chi connectivity index (χ4n) is 2.24. The Balaban J connectivity index is 2.56. The van der Waals surface area contributed by atoms with E-state index in [1.54, 1.807) is 6.92 Å². The molecule has 1 aliphatic carbocycles. The maximum absolute atomic E-state index is 11.4. The van der Waals surface area contributed by atoms with Crippen LogP contribution in [0.25, 0.3) is 4.98 Å². The van der Waals surface area contributed by atoms with Crippen LogP contribution < -0.4 is 0 Å². The fraction of sp³-hybridized carbons (Fsp3) is 0.692. The highest BCUT2D eigenvalue weighted by Crippen LogP contribution is 2.27. The quantitative estimate of drug-likeness (QED) is 0.358. The number of carbonyl (C=O) groups excluding carboxylic acids is 2. The number of aliphatic hydroxyl groups excluding tert-OH is 1. The van der Waals surface area contributed by atoms with Crippen molar-refractivity contribution < 1.29 is 19.4 Å². The van der Waals surface area contributed by atoms with Gasteiger partial charge in [-0.05, 0) is 32.1 Å². The van der Waals surface area contributed by atoms with E-state index in [-0.39, 0.29) is 30.5 Å². The molecule has 0 saturated heterocycles. The summed E-state index contributed by atoms with van der Waals surface area (Å²) in [5.41, 5.74) is -0.455. The summed E-state index contributed by atoms with van der Waals surface area (Å²) >= 11 is 0. The van der Waals surface area contributed by atoms with Crippen molar-refractivity contribution in [2.75, 3.05) is 6.61 Å². The minimum absolute atomic E-state index is 0.141. The van der Waals surface area contributed by atoms with Gasteiger partial charge >= 0.3 is 11.7 Å². The van der Waals surface area contributed by atoms with Gasteiger partial charge in [0.2, 0.25) is 5.39 Å². The lowest BCUT2D eigenvalue weighted by Crippen LogP contribution is -2.15. The molecular weight excluding hydrogens is 248 g/mol. The normalized spacial score (nSPS) is 20.4. The van der Waals surface area contributed by atoms with Crippen molar-refractivity contribution in [3.05, 3.63) is 16.4 Å². The summed E-state index contributed by atoms with van der Waals surface area (Å²) in [5, 5.41) is 18.5. The van der Waals surface area contributed by atoms with Crippen molar-refractivity contribution in [3.63, 3.8) is 0 Å². The standard InChI is InChI=1S/C13H18N2O4/c1-2-19-13(18)12(15-14)11(17)7-6-9-4-3-5-10(16)8-9/h9H,2-8H2,1H3/p+1. The highest BCUT2D eigenvalue weighted by molar-refractivity contribution is 5.90. The molecule has 1 aliphatic rings. The fourth-order valence-corrected chi connectivity index (χ4v) is 2.24. The number of rotatable bonds is 5. The van der Waals surface area contributed by atoms with Crippen LogP contribution in [0.4, 0.5) is 0 Å². The third-order valence-corrected chi connectivity index (χ3v) is 3.22. The predicted molar refractivity (Wildman–Crippen MR) is 67.6 cm³/mol. The minimum Gasteiger partial charge on any atom is -0.505 e. The third kappa shape index (κ3) is 4.70. The zero-order valence-electron chi connectivity index (χ0n) is 11.1. The molecule has 0 aromatic heterocycles. The molecule has 0 aliphatic heterocycles. The Morgan fingerprint density at radius 2 is 2.32 bits per heavy atom. The number of hydrogen-bond acceptors (Lipinski definition) is 5. The van der Waals surface area contributed by atoms with Crippen molar-refractivity contribution in [2.45, 2.75) is 45.4 Å². The molecule has 0 aromatic carbocycles. The van der Waals surface area contributed by atoms with Gasteiger partial charge in [0.25, 0.3) is 0 Å². The van der Waals surface area contributed by atoms with Gasteiger partial charge in [-0.3, -0.25) is 4.79 Å². The summed E-state index contributed by atoms with van der Waals surface area (Å²) in [7, 11) is 0. The molecule has 1 fully saturated rings. The largest absolute Gasteiger partial charge is 0.505 e. The van der Waals surface area contributed by atoms with E-state index >= 15 is 0 Å². The molecule has 0 heterocycles. The van der Waals surface area contributed by atoms with Crippen LogP contribution in [-0.2, 0) is 14.3 Å². The van der Waals surface area contributed by atoms with Gasteiger partial charge in [-0.15, -0.1) is 0 Å². The van der Waals surface area contributed by atoms with Gasteiger partial charge in [0, 0.05) is 19.3 Å². The van der Waals surface area contributed by atoms with Crippen molar-refractivity contribution in [1.82, 2.24) is 0 Å². The van der Waals surface area contributed by atoms with E-state index in [2.05, 4.69) is 9.71 Å². The van der Waals surface area contributed by atoms with Gasteiger partial charge in [0.1, 0.15) is 5.78 Å². The van der Waals surface area contributed by atoms with Gasteiger partial charge in [-0.25, -0.2) is 4.79 Å². The number of aliphatic hydroxyl groups is 1. The zero-order valence-corrected chi connectivity index (χ0v) is 11.1. The van der Waals surface area contributed by atoms with E-state index in [0.717, 1.165) is 12.8 Å². The number of hydrogen-bond donors (Lipinski definition) is 1. The molecule has 19 heavy (non-hydrogen) atoms. The van der Waals surface area contributed by atoms with Crippen LogP contribution in [0.15, 0.2) is 11.5 Å². The van der Waals surface area contributed by atoms with Gasteiger partial charge in [-0.1, -0.05) is 0 Å². The Hall–Kier alpha value is -1.90. The van der Waals surface area contributed by atoms with E-state index in [1.165, 1.54) is 0 Å². The topological polar surface area (TPSA) is 91.8 Å². The molecule has 6 nitrogen and oxygen atoms in total. The Kier molecular flexibility index (Phi) is 6.00. The molecule has 0 spiro atoms. The van der Waals surface area contributed by atoms with Crippen molar-refractivity contribution >= 4 is 11.8 Å². The first-order valence-electron chi connectivity index (χ1n) is 6.54. The van der Waals surface area contributed by atoms with E-state index in [9.17, 15) is 14.7 Å². The van der Waals surface area contributed by atoms with Crippen molar-refractivity contribution in [2.24, 2.45) is 5.92 Å². The lowest BCUT2D eigenvalue weighted by atomic mass is 9.85. The molecule has 0 aromatic rings. The molecule has 104 valence electrons. The number of carbonyl (C=O) groups is 2. The zero-order chi connectivity index (χ0) is 14.3. The second-order valence-corrected chi connectivity index (χ2v) is 4.66. The molecular formula is C13H19N2O4+. The molecule has 0 amide bonds. The molecule has 1 N–H and O–H groups in total. The Morgan fingerprint density at radius 3 is 2.89 bits per heavy atom. The third-order valence-electron chi connectivity index (χ3n) is 3.22. The molecule has 0 radical (unpaired) electrons. The summed E-state index contributed by atoms with van der Waals surface area (Å²) in [6, 6.07) is 0. The van der Waals surface area contributed by atoms with E-state index in [1.807, 2.05) is 0 Å². The number of ketones is 1. The Labute approximate surface area is 112 Å². The summed E-state index contributed by atoms with van der Waals surface area (Å²) in [4.78, 5) is 25.4. The summed E-state index contributed by atoms with van der Waals surface area (Å²) < 4.78 is 4.66. The summed E-state index contributed by atoms with van der Waals surface area (Å²) in [6.45, 7) is 1.76. The minimum atomic E-state index is -0.845. The van der Waals surface area contributed by atoms with Crippen LogP contribution in [0.1, 0.15) is 45.4 Å². The molecule has 1 saturated carbocycles. The lowest BCUT2D eigenvalue weighted by molar-refractivity contribution is -0.138. The first-order valence-corrected chi connectivity index (χ1v) is 6.54. The van der Waals surface area contributed by atoms with Gasteiger partial charge < -0.3 is 9.84 Å². The first kappa shape index (κ1) is 15.2. The number of diazo groups is 1. The van der Waals surface area contributed by atoms with Gasteiger partial charge in [0.15, 0.2) is 10.7 Å². The average molecular weight is 267 g/mol. The number of ether oxygens (including phenoxy) is 1. The monoisotopic (exact) mass is 267 g/mol. The molecule has 1 atom stereocenters. The molecule has 6 heteroatoms. The van der Waals surface area contributed by atoms with Crippen LogP contribution in [0.5, 0.6) is 0 Å².